The fourth-order valence-electron chi connectivity index (χ4n) is 1.90. The number of ether oxygens (including phenoxy) is 1. The van der Waals surface area contributed by atoms with Gasteiger partial charge >= 0.3 is 0 Å². The minimum absolute atomic E-state index is 0.449. The van der Waals surface area contributed by atoms with Gasteiger partial charge in [0.2, 0.25) is 5.88 Å². The van der Waals surface area contributed by atoms with Gasteiger partial charge in [0.15, 0.2) is 0 Å². The molecule has 0 aliphatic carbocycles. The molecule has 3 aromatic heterocycles. The third-order valence-corrected chi connectivity index (χ3v) is 2.99. The fourth-order valence-corrected chi connectivity index (χ4v) is 2.06. The van der Waals surface area contributed by atoms with Gasteiger partial charge in [-0.2, -0.15) is 0 Å². The van der Waals surface area contributed by atoms with Gasteiger partial charge in [-0.3, -0.25) is 4.98 Å². The van der Waals surface area contributed by atoms with E-state index in [4.69, 9.17) is 16.3 Å². The number of pyridine rings is 3. The molecule has 0 radical (unpaired) electrons. The Morgan fingerprint density at radius 3 is 2.84 bits per heavy atom. The summed E-state index contributed by atoms with van der Waals surface area (Å²) in [5, 5.41) is 0.449. The maximum absolute atomic E-state index is 5.90. The van der Waals surface area contributed by atoms with Crippen molar-refractivity contribution < 1.29 is 4.74 Å². The van der Waals surface area contributed by atoms with Crippen molar-refractivity contribution in [1.82, 2.24) is 15.0 Å². The molecule has 0 atom stereocenters. The summed E-state index contributed by atoms with van der Waals surface area (Å²) < 4.78 is 5.25. The molecule has 0 bridgehead atoms. The average Bonchev–Trinajstić information content (AvgIpc) is 2.46. The minimum atomic E-state index is 0.449. The van der Waals surface area contributed by atoms with E-state index in [2.05, 4.69) is 15.0 Å². The summed E-state index contributed by atoms with van der Waals surface area (Å²) in [4.78, 5) is 12.8. The quantitative estimate of drug-likeness (QED) is 0.671. The van der Waals surface area contributed by atoms with Gasteiger partial charge in [-0.15, -0.1) is 0 Å². The first-order chi connectivity index (χ1) is 9.28. The van der Waals surface area contributed by atoms with Crippen LogP contribution in [-0.2, 0) is 0 Å². The molecule has 5 heteroatoms. The van der Waals surface area contributed by atoms with Gasteiger partial charge < -0.3 is 4.74 Å². The Labute approximate surface area is 115 Å². The van der Waals surface area contributed by atoms with Crippen LogP contribution < -0.4 is 4.74 Å². The van der Waals surface area contributed by atoms with Crippen LogP contribution in [0.3, 0.4) is 0 Å². The van der Waals surface area contributed by atoms with Crippen molar-refractivity contribution in [2.75, 3.05) is 7.11 Å². The Morgan fingerprint density at radius 1 is 1.11 bits per heavy atom. The van der Waals surface area contributed by atoms with Crippen molar-refractivity contribution in [3.63, 3.8) is 0 Å². The number of hydrogen-bond donors (Lipinski definition) is 0. The monoisotopic (exact) mass is 271 g/mol. The molecule has 19 heavy (non-hydrogen) atoms. The van der Waals surface area contributed by atoms with E-state index in [-0.39, 0.29) is 0 Å². The lowest BCUT2D eigenvalue weighted by Crippen LogP contribution is -1.92. The van der Waals surface area contributed by atoms with Crippen molar-refractivity contribution >= 4 is 22.6 Å². The van der Waals surface area contributed by atoms with Crippen LogP contribution in [0.5, 0.6) is 5.88 Å². The Hall–Kier alpha value is -2.20. The highest BCUT2D eigenvalue weighted by atomic mass is 35.5. The molecular weight excluding hydrogens is 262 g/mol. The molecule has 0 aliphatic rings. The van der Waals surface area contributed by atoms with E-state index >= 15 is 0 Å². The van der Waals surface area contributed by atoms with Crippen LogP contribution in [0.1, 0.15) is 0 Å². The van der Waals surface area contributed by atoms with Crippen LogP contribution in [0.15, 0.2) is 42.7 Å². The second-order valence-electron chi connectivity index (χ2n) is 3.96. The minimum Gasteiger partial charge on any atom is -0.481 e. The zero-order valence-corrected chi connectivity index (χ0v) is 10.9. The SMILES string of the molecule is COc1ncccc1-c1cnc2ccc(Cl)nc2c1. The summed E-state index contributed by atoms with van der Waals surface area (Å²) in [7, 11) is 1.59. The molecule has 3 rings (SSSR count). The number of fused-ring (bicyclic) bond motifs is 1. The van der Waals surface area contributed by atoms with E-state index in [0.29, 0.717) is 11.0 Å². The van der Waals surface area contributed by atoms with Gasteiger partial charge in [0.25, 0.3) is 0 Å². The zero-order valence-electron chi connectivity index (χ0n) is 10.2. The topological polar surface area (TPSA) is 47.9 Å². The van der Waals surface area contributed by atoms with Crippen molar-refractivity contribution in [2.24, 2.45) is 0 Å². The summed E-state index contributed by atoms with van der Waals surface area (Å²) >= 11 is 5.90. The molecule has 0 saturated heterocycles. The van der Waals surface area contributed by atoms with Gasteiger partial charge in [0.05, 0.1) is 18.1 Å². The first kappa shape index (κ1) is 11.9. The van der Waals surface area contributed by atoms with Crippen LogP contribution in [0.2, 0.25) is 5.15 Å². The molecule has 0 spiro atoms. The maximum Gasteiger partial charge on any atom is 0.221 e. The molecule has 3 heterocycles. The first-order valence-corrected chi connectivity index (χ1v) is 6.07. The average molecular weight is 272 g/mol. The molecule has 0 aliphatic heterocycles. The van der Waals surface area contributed by atoms with Gasteiger partial charge in [-0.05, 0) is 30.3 Å². The van der Waals surface area contributed by atoms with E-state index < -0.39 is 0 Å². The third-order valence-electron chi connectivity index (χ3n) is 2.78. The molecule has 4 nitrogen and oxygen atoms in total. The first-order valence-electron chi connectivity index (χ1n) is 5.69. The number of methoxy groups -OCH3 is 1. The smallest absolute Gasteiger partial charge is 0.221 e. The number of aromatic nitrogens is 3. The van der Waals surface area contributed by atoms with Crippen LogP contribution in [0.4, 0.5) is 0 Å². The highest BCUT2D eigenvalue weighted by molar-refractivity contribution is 6.29. The Morgan fingerprint density at radius 2 is 2.00 bits per heavy atom. The summed E-state index contributed by atoms with van der Waals surface area (Å²) in [5.41, 5.74) is 3.32. The molecule has 0 saturated carbocycles. The van der Waals surface area contributed by atoms with E-state index in [1.165, 1.54) is 0 Å². The van der Waals surface area contributed by atoms with Crippen molar-refractivity contribution in [1.29, 1.82) is 0 Å². The highest BCUT2D eigenvalue weighted by Gasteiger charge is 2.08. The summed E-state index contributed by atoms with van der Waals surface area (Å²) in [6.45, 7) is 0. The molecule has 0 amide bonds. The van der Waals surface area contributed by atoms with Crippen molar-refractivity contribution in [2.45, 2.75) is 0 Å². The van der Waals surface area contributed by atoms with Gasteiger partial charge in [-0.25, -0.2) is 9.97 Å². The predicted molar refractivity (Wildman–Crippen MR) is 74.3 cm³/mol. The largest absolute Gasteiger partial charge is 0.481 e. The maximum atomic E-state index is 5.90. The van der Waals surface area contributed by atoms with Crippen LogP contribution >= 0.6 is 11.6 Å². The van der Waals surface area contributed by atoms with Gasteiger partial charge in [-0.1, -0.05) is 11.6 Å². The Kier molecular flexibility index (Phi) is 3.01. The standard InChI is InChI=1S/C14H10ClN3O/c1-19-14-10(3-2-6-16-14)9-7-12-11(17-8-9)4-5-13(15)18-12/h2-8H,1H3. The predicted octanol–water partition coefficient (Wildman–Crippen LogP) is 3.35. The number of rotatable bonds is 2. The summed E-state index contributed by atoms with van der Waals surface area (Å²) in [5.74, 6) is 0.561. The van der Waals surface area contributed by atoms with E-state index in [9.17, 15) is 0 Å². The van der Waals surface area contributed by atoms with E-state index in [1.54, 1.807) is 25.6 Å². The number of nitrogens with zero attached hydrogens (tertiary/aromatic N) is 3. The molecule has 94 valence electrons. The normalized spacial score (nSPS) is 10.6. The number of halogens is 1. The lowest BCUT2D eigenvalue weighted by atomic mass is 10.1. The van der Waals surface area contributed by atoms with E-state index in [0.717, 1.165) is 22.2 Å². The lowest BCUT2D eigenvalue weighted by Gasteiger charge is -2.07. The molecular formula is C14H10ClN3O. The third kappa shape index (κ3) is 2.22. The second kappa shape index (κ2) is 4.82. The second-order valence-corrected chi connectivity index (χ2v) is 4.34. The van der Waals surface area contributed by atoms with Crippen LogP contribution in [0.25, 0.3) is 22.2 Å². The Balaban J connectivity index is 2.20. The lowest BCUT2D eigenvalue weighted by molar-refractivity contribution is 0.399. The zero-order chi connectivity index (χ0) is 13.2. The molecule has 0 N–H and O–H groups in total. The summed E-state index contributed by atoms with van der Waals surface area (Å²) in [6.07, 6.45) is 3.46. The molecule has 0 unspecified atom stereocenters. The molecule has 0 aromatic carbocycles. The van der Waals surface area contributed by atoms with Crippen LogP contribution in [0, 0.1) is 0 Å². The van der Waals surface area contributed by atoms with Gasteiger partial charge in [0.1, 0.15) is 5.15 Å². The molecule has 0 fully saturated rings. The van der Waals surface area contributed by atoms with Crippen molar-refractivity contribution in [3.05, 3.63) is 47.9 Å². The number of hydrogen-bond acceptors (Lipinski definition) is 4. The van der Waals surface area contributed by atoms with Crippen LogP contribution in [-0.4, -0.2) is 22.1 Å². The summed E-state index contributed by atoms with van der Waals surface area (Å²) in [6, 6.07) is 9.27. The van der Waals surface area contributed by atoms with E-state index in [1.807, 2.05) is 24.3 Å². The molecule has 3 aromatic rings. The highest BCUT2D eigenvalue weighted by Crippen LogP contribution is 2.28. The Bertz CT molecular complexity index is 746. The van der Waals surface area contributed by atoms with Gasteiger partial charge in [0, 0.05) is 23.5 Å². The fraction of sp³-hybridized carbons (Fsp3) is 0.0714. The van der Waals surface area contributed by atoms with Crippen molar-refractivity contribution in [3.8, 4) is 17.0 Å².